The molecule has 1 aliphatic heterocycles. The van der Waals surface area contributed by atoms with E-state index in [2.05, 4.69) is 10.3 Å². The second kappa shape index (κ2) is 3.22. The zero-order chi connectivity index (χ0) is 10.1. The Balaban J connectivity index is 2.41. The largest absolute Gasteiger partial charge is 0.322 e. The van der Waals surface area contributed by atoms with Crippen molar-refractivity contribution in [2.45, 2.75) is 12.5 Å². The van der Waals surface area contributed by atoms with Gasteiger partial charge < -0.3 is 10.3 Å². The van der Waals surface area contributed by atoms with Crippen LogP contribution in [0.4, 0.5) is 5.69 Å². The Morgan fingerprint density at radius 1 is 1.57 bits per heavy atom. The zero-order valence-corrected chi connectivity index (χ0v) is 7.32. The monoisotopic (exact) mass is 195 g/mol. The number of nitro groups is 1. The molecule has 1 saturated heterocycles. The van der Waals surface area contributed by atoms with Crippen molar-refractivity contribution in [2.24, 2.45) is 0 Å². The molecule has 0 saturated carbocycles. The highest BCUT2D eigenvalue weighted by Crippen LogP contribution is 2.21. The van der Waals surface area contributed by atoms with Crippen LogP contribution in [-0.2, 0) is 0 Å². The van der Waals surface area contributed by atoms with Gasteiger partial charge in [0.2, 0.25) is 0 Å². The van der Waals surface area contributed by atoms with E-state index in [1.54, 1.807) is 0 Å². The van der Waals surface area contributed by atoms with Gasteiger partial charge in [0.15, 0.2) is 0 Å². The van der Waals surface area contributed by atoms with Crippen molar-refractivity contribution in [3.8, 4) is 0 Å². The van der Waals surface area contributed by atoms with E-state index >= 15 is 0 Å². The second-order valence-corrected chi connectivity index (χ2v) is 3.19. The van der Waals surface area contributed by atoms with Gasteiger partial charge in [-0.2, -0.15) is 0 Å². The normalized spacial score (nSPS) is 20.1. The Morgan fingerprint density at radius 2 is 2.29 bits per heavy atom. The molecule has 2 N–H and O–H groups in total. The Morgan fingerprint density at radius 3 is 2.79 bits per heavy atom. The summed E-state index contributed by atoms with van der Waals surface area (Å²) in [5.41, 5.74) is 0.117. The number of nitrogens with one attached hydrogen (secondary N) is 2. The van der Waals surface area contributed by atoms with Crippen molar-refractivity contribution < 1.29 is 4.92 Å². The summed E-state index contributed by atoms with van der Waals surface area (Å²) in [7, 11) is 0. The molecule has 6 nitrogen and oxygen atoms in total. The third kappa shape index (κ3) is 1.39. The van der Waals surface area contributed by atoms with Crippen LogP contribution in [0, 0.1) is 10.1 Å². The minimum atomic E-state index is -0.516. The predicted octanol–water partition coefficient (Wildman–Crippen LogP) is 0.317. The van der Waals surface area contributed by atoms with E-state index in [1.807, 2.05) is 0 Å². The summed E-state index contributed by atoms with van der Waals surface area (Å²) in [6.07, 6.45) is 1.97. The van der Waals surface area contributed by atoms with Crippen LogP contribution in [0.15, 0.2) is 17.1 Å². The third-order valence-corrected chi connectivity index (χ3v) is 2.33. The highest BCUT2D eigenvalue weighted by molar-refractivity contribution is 5.32. The van der Waals surface area contributed by atoms with E-state index in [1.165, 1.54) is 6.07 Å². The van der Waals surface area contributed by atoms with Crippen LogP contribution in [0.3, 0.4) is 0 Å². The minimum absolute atomic E-state index is 0.0290. The van der Waals surface area contributed by atoms with E-state index in [9.17, 15) is 14.9 Å². The number of aromatic amines is 1. The maximum Gasteiger partial charge on any atom is 0.285 e. The van der Waals surface area contributed by atoms with Crippen molar-refractivity contribution in [1.82, 2.24) is 10.3 Å². The number of hydrogen-bond donors (Lipinski definition) is 2. The van der Waals surface area contributed by atoms with Gasteiger partial charge in [0.25, 0.3) is 11.2 Å². The van der Waals surface area contributed by atoms with Gasteiger partial charge in [0.05, 0.1) is 11.1 Å². The number of H-pyrrole nitrogens is 1. The molecule has 0 radical (unpaired) electrons. The van der Waals surface area contributed by atoms with Crippen LogP contribution in [0.1, 0.15) is 18.0 Å². The lowest BCUT2D eigenvalue weighted by Crippen LogP contribution is -2.38. The van der Waals surface area contributed by atoms with Gasteiger partial charge in [-0.25, -0.2) is 0 Å². The van der Waals surface area contributed by atoms with E-state index < -0.39 is 4.92 Å². The maximum absolute atomic E-state index is 11.3. The molecule has 2 heterocycles. The first-order valence-electron chi connectivity index (χ1n) is 4.29. The molecule has 0 spiro atoms. The van der Waals surface area contributed by atoms with Gasteiger partial charge in [0, 0.05) is 17.7 Å². The van der Waals surface area contributed by atoms with Crippen LogP contribution >= 0.6 is 0 Å². The van der Waals surface area contributed by atoms with Crippen LogP contribution in [-0.4, -0.2) is 16.5 Å². The van der Waals surface area contributed by atoms with Crippen molar-refractivity contribution in [2.75, 3.05) is 6.54 Å². The van der Waals surface area contributed by atoms with Crippen molar-refractivity contribution in [1.29, 1.82) is 0 Å². The van der Waals surface area contributed by atoms with E-state index in [0.717, 1.165) is 19.2 Å². The van der Waals surface area contributed by atoms with Crippen LogP contribution < -0.4 is 10.9 Å². The number of aromatic nitrogens is 1. The van der Waals surface area contributed by atoms with E-state index in [0.29, 0.717) is 5.56 Å². The summed E-state index contributed by atoms with van der Waals surface area (Å²) in [6, 6.07) is 1.30. The highest BCUT2D eigenvalue weighted by atomic mass is 16.6. The minimum Gasteiger partial charge on any atom is -0.322 e. The van der Waals surface area contributed by atoms with Gasteiger partial charge >= 0.3 is 0 Å². The molecule has 2 rings (SSSR count). The lowest BCUT2D eigenvalue weighted by molar-refractivity contribution is -0.385. The molecule has 0 amide bonds. The molecule has 0 aliphatic carbocycles. The van der Waals surface area contributed by atoms with Crippen LogP contribution in [0.5, 0.6) is 0 Å². The average Bonchev–Trinajstić information content (AvgIpc) is 2.05. The van der Waals surface area contributed by atoms with Crippen LogP contribution in [0.25, 0.3) is 0 Å². The lowest BCUT2D eigenvalue weighted by atomic mass is 9.99. The molecule has 74 valence electrons. The molecule has 6 heteroatoms. The average molecular weight is 195 g/mol. The third-order valence-electron chi connectivity index (χ3n) is 2.33. The van der Waals surface area contributed by atoms with E-state index in [-0.39, 0.29) is 17.3 Å². The molecule has 14 heavy (non-hydrogen) atoms. The molecule has 0 aromatic carbocycles. The fourth-order valence-corrected chi connectivity index (χ4v) is 1.41. The smallest absolute Gasteiger partial charge is 0.285 e. The van der Waals surface area contributed by atoms with Gasteiger partial charge in [-0.1, -0.05) is 0 Å². The molecule has 1 atom stereocenters. The topological polar surface area (TPSA) is 88.0 Å². The van der Waals surface area contributed by atoms with E-state index in [4.69, 9.17) is 0 Å². The lowest BCUT2D eigenvalue weighted by Gasteiger charge is -2.26. The summed E-state index contributed by atoms with van der Waals surface area (Å²) in [4.78, 5) is 23.6. The number of hydrogen-bond acceptors (Lipinski definition) is 4. The van der Waals surface area contributed by atoms with Gasteiger partial charge in [0.1, 0.15) is 0 Å². The van der Waals surface area contributed by atoms with Crippen LogP contribution in [0.2, 0.25) is 0 Å². The molecular formula is C8H9N3O3. The number of rotatable bonds is 2. The molecule has 1 aromatic heterocycles. The highest BCUT2D eigenvalue weighted by Gasteiger charge is 2.23. The molecule has 0 bridgehead atoms. The predicted molar refractivity (Wildman–Crippen MR) is 49.1 cm³/mol. The second-order valence-electron chi connectivity index (χ2n) is 3.19. The van der Waals surface area contributed by atoms with Crippen molar-refractivity contribution in [3.63, 3.8) is 0 Å². The molecular weight excluding hydrogens is 186 g/mol. The SMILES string of the molecule is O=c1[nH]cc([N+](=O)[O-])cc1[C@@H]1CCN1. The van der Waals surface area contributed by atoms with Gasteiger partial charge in [-0.15, -0.1) is 0 Å². The Bertz CT molecular complexity index is 422. The number of pyridine rings is 1. The summed E-state index contributed by atoms with van der Waals surface area (Å²) < 4.78 is 0. The fraction of sp³-hybridized carbons (Fsp3) is 0.375. The standard InChI is InChI=1S/C8H9N3O3/c12-8-6(7-1-2-9-7)3-5(4-10-8)11(13)14/h3-4,7,9H,1-2H2,(H,10,12)/t7-/m0/s1. The van der Waals surface area contributed by atoms with Crippen molar-refractivity contribution in [3.05, 3.63) is 38.3 Å². The Kier molecular flexibility index (Phi) is 2.05. The summed E-state index contributed by atoms with van der Waals surface area (Å²) in [5.74, 6) is 0. The van der Waals surface area contributed by atoms with Gasteiger partial charge in [-0.05, 0) is 13.0 Å². The first-order valence-corrected chi connectivity index (χ1v) is 4.29. The van der Waals surface area contributed by atoms with Gasteiger partial charge in [-0.3, -0.25) is 14.9 Å². The summed E-state index contributed by atoms with van der Waals surface area (Å²) in [6.45, 7) is 0.854. The number of nitrogens with zero attached hydrogens (tertiary/aromatic N) is 1. The van der Waals surface area contributed by atoms with Crippen molar-refractivity contribution >= 4 is 5.69 Å². The molecule has 1 fully saturated rings. The first kappa shape index (κ1) is 8.89. The zero-order valence-electron chi connectivity index (χ0n) is 7.32. The first-order chi connectivity index (χ1) is 6.68. The fourth-order valence-electron chi connectivity index (χ4n) is 1.41. The summed E-state index contributed by atoms with van der Waals surface area (Å²) >= 11 is 0. The Labute approximate surface area is 79.1 Å². The quantitative estimate of drug-likeness (QED) is 0.525. The molecule has 1 aromatic rings. The molecule has 0 unspecified atom stereocenters. The maximum atomic E-state index is 11.3. The summed E-state index contributed by atoms with van der Waals surface area (Å²) in [5, 5.41) is 13.5. The Hall–Kier alpha value is -1.69. The molecule has 1 aliphatic rings.